The second-order valence-corrected chi connectivity index (χ2v) is 12.7. The van der Waals surface area contributed by atoms with Crippen LogP contribution in [-0.2, 0) is 30.2 Å². The van der Waals surface area contributed by atoms with Crippen molar-refractivity contribution in [3.63, 3.8) is 0 Å². The first-order chi connectivity index (χ1) is 19.2. The first-order valence-corrected chi connectivity index (χ1v) is 14.9. The molecule has 0 saturated carbocycles. The summed E-state index contributed by atoms with van der Waals surface area (Å²) in [6.45, 7) is 1.70. The summed E-state index contributed by atoms with van der Waals surface area (Å²) in [5.41, 5.74) is -2.21. The molecule has 0 unspecified atom stereocenters. The molecule has 0 aliphatic carbocycles. The number of hydrogen-bond acceptors (Lipinski definition) is 10. The molecule has 3 aromatic carbocycles. The minimum Gasteiger partial charge on any atom is -0.487 e. The van der Waals surface area contributed by atoms with Crippen LogP contribution in [-0.4, -0.2) is 74.1 Å². The summed E-state index contributed by atoms with van der Waals surface area (Å²) in [5, 5.41) is 35.3. The van der Waals surface area contributed by atoms with Crippen LogP contribution in [0.2, 0.25) is 0 Å². The van der Waals surface area contributed by atoms with Gasteiger partial charge in [0.05, 0.1) is 16.0 Å². The number of carboxylic acid groups (broad SMARTS) is 4. The second kappa shape index (κ2) is 16.5. The van der Waals surface area contributed by atoms with Gasteiger partial charge in [-0.05, 0) is 48.4 Å². The fourth-order valence-corrected chi connectivity index (χ4v) is 6.60. The van der Waals surface area contributed by atoms with E-state index in [0.717, 1.165) is 23.8 Å². The topological polar surface area (TPSA) is 286 Å². The van der Waals surface area contributed by atoms with Gasteiger partial charge in [0.15, 0.2) is 0 Å². The van der Waals surface area contributed by atoms with Crippen LogP contribution >= 0.6 is 0 Å². The molecule has 21 heteroatoms. The van der Waals surface area contributed by atoms with Gasteiger partial charge in [-0.15, -0.1) is 0 Å². The molecule has 0 atom stereocenters. The van der Waals surface area contributed by atoms with E-state index in [1.54, 1.807) is 6.92 Å². The first kappa shape index (κ1) is 41.9. The van der Waals surface area contributed by atoms with Gasteiger partial charge in [0.25, 0.3) is 22.1 Å². The number of benzene rings is 3. The van der Waals surface area contributed by atoms with E-state index in [1.807, 2.05) is 0 Å². The molecule has 0 aromatic heterocycles. The molecule has 0 aliphatic heterocycles. The molecular formula is C23H17KNNaO15S3. The maximum Gasteiger partial charge on any atom is 1.00 e. The predicted molar refractivity (Wildman–Crippen MR) is 138 cm³/mol. The van der Waals surface area contributed by atoms with Crippen molar-refractivity contribution < 1.29 is 150 Å². The summed E-state index contributed by atoms with van der Waals surface area (Å²) in [7, 11) is -14.4. The Bertz CT molecular complexity index is 1860. The number of nitrogens with zero attached hydrogens (tertiary/aromatic N) is 1. The van der Waals surface area contributed by atoms with Gasteiger partial charge in [0, 0.05) is 9.79 Å². The SMILES string of the molecule is Cc1ccc(S(=O)(=O)[N-]S(=O)(=O)c2cc(C(=O)O)cc(C(=O)O)c2)cc1.O=C(O)c1c[c-]cc(C(=O)O)c1S(=O)(=O)O.[K+].[Na+]. The van der Waals surface area contributed by atoms with Crippen LogP contribution < -0.4 is 80.9 Å². The van der Waals surface area contributed by atoms with E-state index in [-0.39, 0.29) is 85.8 Å². The number of carbonyl (C=O) groups is 4. The summed E-state index contributed by atoms with van der Waals surface area (Å²) in [6.07, 6.45) is 0. The van der Waals surface area contributed by atoms with Gasteiger partial charge in [-0.25, -0.2) is 26.4 Å². The summed E-state index contributed by atoms with van der Waals surface area (Å²) < 4.78 is 82.4. The van der Waals surface area contributed by atoms with Crippen molar-refractivity contribution in [2.75, 3.05) is 0 Å². The Labute approximate surface area is 314 Å². The number of sulfonamides is 2. The smallest absolute Gasteiger partial charge is 0.487 e. The third-order valence-electron chi connectivity index (χ3n) is 4.88. The number of hydrogen-bond donors (Lipinski definition) is 5. The Morgan fingerprint density at radius 2 is 1.05 bits per heavy atom. The molecular weight excluding hydrogens is 689 g/mol. The second-order valence-electron chi connectivity index (χ2n) is 7.89. The normalized spacial score (nSPS) is 11.0. The van der Waals surface area contributed by atoms with Crippen LogP contribution in [0.3, 0.4) is 0 Å². The maximum absolute atomic E-state index is 12.3. The average molecular weight is 706 g/mol. The minimum absolute atomic E-state index is 0. The molecule has 0 heterocycles. The van der Waals surface area contributed by atoms with Crippen molar-refractivity contribution in [3.05, 3.63) is 92.6 Å². The van der Waals surface area contributed by atoms with Crippen molar-refractivity contribution >= 4 is 54.0 Å². The maximum atomic E-state index is 12.3. The third-order valence-corrected chi connectivity index (χ3v) is 9.10. The van der Waals surface area contributed by atoms with E-state index in [0.29, 0.717) is 12.1 Å². The van der Waals surface area contributed by atoms with E-state index < -0.39 is 86.1 Å². The quantitative estimate of drug-likeness (QED) is 0.0805. The van der Waals surface area contributed by atoms with Crippen LogP contribution in [0.4, 0.5) is 0 Å². The summed E-state index contributed by atoms with van der Waals surface area (Å²) in [6, 6.07) is 10.9. The number of rotatable bonds is 9. The molecule has 0 saturated heterocycles. The van der Waals surface area contributed by atoms with Gasteiger partial charge >= 0.3 is 92.9 Å². The minimum atomic E-state index is -4.94. The largest absolute Gasteiger partial charge is 1.00 e. The predicted octanol–water partition coefficient (Wildman–Crippen LogP) is -4.02. The molecule has 3 aromatic rings. The van der Waals surface area contributed by atoms with Crippen LogP contribution in [0, 0.1) is 13.0 Å². The van der Waals surface area contributed by atoms with Crippen molar-refractivity contribution in [1.29, 1.82) is 0 Å². The average Bonchev–Trinajstić information content (AvgIpc) is 2.87. The van der Waals surface area contributed by atoms with Crippen LogP contribution in [0.5, 0.6) is 0 Å². The van der Waals surface area contributed by atoms with E-state index >= 15 is 0 Å². The standard InChI is InChI=1S/C15H12NO8S2.C8H5O7S.K.Na/c1-9-2-4-12(5-3-9)25(21,22)16-26(23,24)13-7-10(14(17)18)6-11(8-13)15(19)20;9-7(10)4-2-1-3-5(8(11)12)6(4)16(13,14)15;;/h2-8H,1H3,(H,17,18)(H,19,20);2-3H,(H,9,10)(H,11,12)(H,13,14,15);;/q2*-1;2*+1. The van der Waals surface area contributed by atoms with Gasteiger partial charge in [0.1, 0.15) is 20.0 Å². The van der Waals surface area contributed by atoms with Gasteiger partial charge in [-0.1, -0.05) is 17.7 Å². The van der Waals surface area contributed by atoms with E-state index in [1.165, 1.54) is 24.3 Å². The van der Waals surface area contributed by atoms with Crippen LogP contribution in [0.15, 0.2) is 69.3 Å². The van der Waals surface area contributed by atoms with Gasteiger partial charge in [-0.3, -0.25) is 14.1 Å². The van der Waals surface area contributed by atoms with E-state index in [9.17, 15) is 44.4 Å². The van der Waals surface area contributed by atoms with Crippen molar-refractivity contribution in [1.82, 2.24) is 0 Å². The van der Waals surface area contributed by atoms with Crippen molar-refractivity contribution in [3.8, 4) is 0 Å². The van der Waals surface area contributed by atoms with Gasteiger partial charge in [-0.2, -0.15) is 26.6 Å². The first-order valence-electron chi connectivity index (χ1n) is 10.6. The molecule has 16 nitrogen and oxygen atoms in total. The monoisotopic (exact) mass is 705 g/mol. The number of carboxylic acids is 4. The molecule has 224 valence electrons. The summed E-state index contributed by atoms with van der Waals surface area (Å²) >= 11 is 0. The van der Waals surface area contributed by atoms with E-state index in [4.69, 9.17) is 25.0 Å². The molecule has 3 rings (SSSR count). The molecule has 0 bridgehead atoms. The van der Waals surface area contributed by atoms with Gasteiger partial charge in [0.2, 0.25) is 0 Å². The zero-order valence-electron chi connectivity index (χ0n) is 22.7. The fraction of sp³-hybridized carbons (Fsp3) is 0.0435. The summed E-state index contributed by atoms with van der Waals surface area (Å²) in [4.78, 5) is 41.0. The zero-order chi connectivity index (χ0) is 32.2. The Morgan fingerprint density at radius 3 is 1.39 bits per heavy atom. The summed E-state index contributed by atoms with van der Waals surface area (Å²) in [5.74, 6) is -6.50. The molecule has 0 amide bonds. The zero-order valence-corrected chi connectivity index (χ0v) is 30.3. The Balaban J connectivity index is 0.000000891. The number of aryl methyl sites for hydroxylation is 1. The number of aromatic carboxylic acids is 4. The Hall–Kier alpha value is -2.05. The Morgan fingerprint density at radius 1 is 0.659 bits per heavy atom. The fourth-order valence-electron chi connectivity index (χ4n) is 3.00. The van der Waals surface area contributed by atoms with Crippen LogP contribution in [0.1, 0.15) is 47.0 Å². The van der Waals surface area contributed by atoms with Crippen molar-refractivity contribution in [2.24, 2.45) is 0 Å². The molecule has 0 spiro atoms. The van der Waals surface area contributed by atoms with Crippen molar-refractivity contribution in [2.45, 2.75) is 21.6 Å². The molecule has 44 heavy (non-hydrogen) atoms. The third kappa shape index (κ3) is 11.1. The Kier molecular flexibility index (Phi) is 15.7. The molecule has 0 aliphatic rings. The van der Waals surface area contributed by atoms with Crippen LogP contribution in [0.25, 0.3) is 4.13 Å². The molecule has 5 N–H and O–H groups in total. The van der Waals surface area contributed by atoms with E-state index in [2.05, 4.69) is 10.2 Å². The van der Waals surface area contributed by atoms with Gasteiger partial charge < -0.3 is 24.6 Å². The molecule has 0 fully saturated rings. The molecule has 0 radical (unpaired) electrons.